The van der Waals surface area contributed by atoms with Crippen molar-refractivity contribution in [3.63, 3.8) is 0 Å². The SMILES string of the molecule is CCOC(=O)[C@H](C)Oc1cccc2c(=O)n(CC(=O)N3CCN(c4ccccc4)CC3)ccc12. The Hall–Kier alpha value is -3.81. The first-order valence-electron chi connectivity index (χ1n) is 11.5. The van der Waals surface area contributed by atoms with E-state index in [4.69, 9.17) is 9.47 Å². The van der Waals surface area contributed by atoms with E-state index in [0.717, 1.165) is 18.8 Å². The second-order valence-electron chi connectivity index (χ2n) is 8.18. The van der Waals surface area contributed by atoms with Crippen molar-refractivity contribution in [2.45, 2.75) is 26.5 Å². The number of anilines is 1. The third kappa shape index (κ3) is 5.06. The van der Waals surface area contributed by atoms with Crippen LogP contribution < -0.4 is 15.2 Å². The molecule has 1 fully saturated rings. The molecule has 1 atom stereocenters. The Balaban J connectivity index is 1.45. The Kier molecular flexibility index (Phi) is 7.15. The fourth-order valence-corrected chi connectivity index (χ4v) is 4.11. The number of rotatable bonds is 7. The molecule has 1 amide bonds. The molecule has 0 spiro atoms. The summed E-state index contributed by atoms with van der Waals surface area (Å²) in [6.07, 6.45) is 0.800. The van der Waals surface area contributed by atoms with E-state index >= 15 is 0 Å². The number of hydrogen-bond donors (Lipinski definition) is 0. The minimum atomic E-state index is -0.802. The van der Waals surface area contributed by atoms with Gasteiger partial charge in [0, 0.05) is 43.4 Å². The van der Waals surface area contributed by atoms with E-state index < -0.39 is 12.1 Å². The fraction of sp³-hybridized carbons (Fsp3) is 0.346. The molecule has 2 aromatic carbocycles. The Morgan fingerprint density at radius 3 is 2.38 bits per heavy atom. The van der Waals surface area contributed by atoms with Gasteiger partial charge in [-0.3, -0.25) is 9.59 Å². The molecule has 8 nitrogen and oxygen atoms in total. The van der Waals surface area contributed by atoms with E-state index in [-0.39, 0.29) is 24.6 Å². The molecule has 1 aromatic heterocycles. The maximum absolute atomic E-state index is 13.1. The summed E-state index contributed by atoms with van der Waals surface area (Å²) in [4.78, 5) is 42.0. The van der Waals surface area contributed by atoms with E-state index in [0.29, 0.717) is 29.6 Å². The third-order valence-electron chi connectivity index (χ3n) is 5.96. The summed E-state index contributed by atoms with van der Waals surface area (Å²) in [5.74, 6) is -0.131. The van der Waals surface area contributed by atoms with Gasteiger partial charge in [-0.05, 0) is 44.2 Å². The van der Waals surface area contributed by atoms with E-state index in [1.165, 1.54) is 4.57 Å². The second-order valence-corrected chi connectivity index (χ2v) is 8.18. The Morgan fingerprint density at radius 2 is 1.68 bits per heavy atom. The summed E-state index contributed by atoms with van der Waals surface area (Å²) in [6, 6.07) is 17.0. The van der Waals surface area contributed by atoms with Crippen LogP contribution in [0.3, 0.4) is 0 Å². The number of esters is 1. The van der Waals surface area contributed by atoms with Gasteiger partial charge < -0.3 is 23.8 Å². The number of para-hydroxylation sites is 1. The first-order chi connectivity index (χ1) is 16.5. The highest BCUT2D eigenvalue weighted by Crippen LogP contribution is 2.24. The number of ether oxygens (including phenoxy) is 2. The van der Waals surface area contributed by atoms with Gasteiger partial charge in [-0.15, -0.1) is 0 Å². The van der Waals surface area contributed by atoms with Gasteiger partial charge >= 0.3 is 5.97 Å². The minimum absolute atomic E-state index is 0.0234. The molecule has 0 N–H and O–H groups in total. The van der Waals surface area contributed by atoms with Crippen LogP contribution in [-0.2, 0) is 20.9 Å². The predicted molar refractivity (Wildman–Crippen MR) is 130 cm³/mol. The van der Waals surface area contributed by atoms with Crippen LogP contribution in [0, 0.1) is 0 Å². The summed E-state index contributed by atoms with van der Waals surface area (Å²) in [6.45, 7) is 6.30. The molecule has 3 aromatic rings. The van der Waals surface area contributed by atoms with Crippen molar-refractivity contribution in [1.29, 1.82) is 0 Å². The van der Waals surface area contributed by atoms with E-state index in [9.17, 15) is 14.4 Å². The molecule has 8 heteroatoms. The van der Waals surface area contributed by atoms with Crippen LogP contribution in [0.5, 0.6) is 5.75 Å². The van der Waals surface area contributed by atoms with E-state index in [2.05, 4.69) is 17.0 Å². The number of carbonyl (C=O) groups excluding carboxylic acids is 2. The van der Waals surface area contributed by atoms with Crippen LogP contribution in [0.4, 0.5) is 5.69 Å². The van der Waals surface area contributed by atoms with Crippen LogP contribution in [0.1, 0.15) is 13.8 Å². The molecule has 2 heterocycles. The Labute approximate surface area is 198 Å². The molecule has 178 valence electrons. The van der Waals surface area contributed by atoms with E-state index in [1.54, 1.807) is 49.2 Å². The van der Waals surface area contributed by atoms with Gasteiger partial charge in [-0.25, -0.2) is 4.79 Å². The lowest BCUT2D eigenvalue weighted by molar-refractivity contribution is -0.150. The van der Waals surface area contributed by atoms with Crippen molar-refractivity contribution in [3.05, 3.63) is 71.1 Å². The number of nitrogens with zero attached hydrogens (tertiary/aromatic N) is 3. The topological polar surface area (TPSA) is 81.1 Å². The van der Waals surface area contributed by atoms with Crippen molar-refractivity contribution in [3.8, 4) is 5.75 Å². The zero-order valence-corrected chi connectivity index (χ0v) is 19.5. The molecule has 4 rings (SSSR count). The molecule has 1 aliphatic rings. The molecule has 0 saturated carbocycles. The molecule has 1 saturated heterocycles. The van der Waals surface area contributed by atoms with Gasteiger partial charge in [0.25, 0.3) is 5.56 Å². The van der Waals surface area contributed by atoms with E-state index in [1.807, 2.05) is 18.2 Å². The highest BCUT2D eigenvalue weighted by atomic mass is 16.6. The number of benzene rings is 2. The molecule has 0 aliphatic carbocycles. The number of aromatic nitrogens is 1. The molecule has 1 aliphatic heterocycles. The lowest BCUT2D eigenvalue weighted by atomic mass is 10.1. The summed E-state index contributed by atoms with van der Waals surface area (Å²) in [5.41, 5.74) is 0.874. The van der Waals surface area contributed by atoms with Crippen molar-refractivity contribution in [2.24, 2.45) is 0 Å². The highest BCUT2D eigenvalue weighted by Gasteiger charge is 2.22. The number of amides is 1. The second kappa shape index (κ2) is 10.4. The smallest absolute Gasteiger partial charge is 0.347 e. The Morgan fingerprint density at radius 1 is 0.941 bits per heavy atom. The average Bonchev–Trinajstić information content (AvgIpc) is 2.86. The van der Waals surface area contributed by atoms with Gasteiger partial charge in [0.05, 0.1) is 12.0 Å². The fourth-order valence-electron chi connectivity index (χ4n) is 4.11. The first-order valence-corrected chi connectivity index (χ1v) is 11.5. The largest absolute Gasteiger partial charge is 0.478 e. The highest BCUT2D eigenvalue weighted by molar-refractivity contribution is 5.88. The number of piperazine rings is 1. The van der Waals surface area contributed by atoms with Gasteiger partial charge in [-0.2, -0.15) is 0 Å². The molecule has 34 heavy (non-hydrogen) atoms. The van der Waals surface area contributed by atoms with Crippen LogP contribution in [0.25, 0.3) is 10.8 Å². The van der Waals surface area contributed by atoms with Crippen molar-refractivity contribution in [2.75, 3.05) is 37.7 Å². The first kappa shape index (κ1) is 23.4. The van der Waals surface area contributed by atoms with Gasteiger partial charge in [0.1, 0.15) is 12.3 Å². The zero-order chi connectivity index (χ0) is 24.1. The van der Waals surface area contributed by atoms with Gasteiger partial charge in [0.2, 0.25) is 5.91 Å². The summed E-state index contributed by atoms with van der Waals surface area (Å²) >= 11 is 0. The van der Waals surface area contributed by atoms with Gasteiger partial charge in [-0.1, -0.05) is 24.3 Å². The molecule has 0 unspecified atom stereocenters. The van der Waals surface area contributed by atoms with Crippen LogP contribution in [0.15, 0.2) is 65.6 Å². The summed E-state index contributed by atoms with van der Waals surface area (Å²) in [5, 5.41) is 1.02. The minimum Gasteiger partial charge on any atom is -0.478 e. The lowest BCUT2D eigenvalue weighted by Crippen LogP contribution is -2.50. The summed E-state index contributed by atoms with van der Waals surface area (Å²) < 4.78 is 12.2. The summed E-state index contributed by atoms with van der Waals surface area (Å²) in [7, 11) is 0. The number of carbonyl (C=O) groups is 2. The van der Waals surface area contributed by atoms with Crippen LogP contribution in [-0.4, -0.2) is 60.2 Å². The number of hydrogen-bond acceptors (Lipinski definition) is 6. The number of pyridine rings is 1. The monoisotopic (exact) mass is 463 g/mol. The Bertz CT molecular complexity index is 1220. The quantitative estimate of drug-likeness (QED) is 0.501. The third-order valence-corrected chi connectivity index (χ3v) is 5.96. The zero-order valence-electron chi connectivity index (χ0n) is 19.5. The molecule has 0 bridgehead atoms. The normalized spacial score (nSPS) is 14.6. The van der Waals surface area contributed by atoms with Crippen molar-refractivity contribution < 1.29 is 19.1 Å². The predicted octanol–water partition coefficient (Wildman–Crippen LogP) is 2.68. The van der Waals surface area contributed by atoms with Crippen molar-refractivity contribution >= 4 is 28.3 Å². The number of fused-ring (bicyclic) bond motifs is 1. The standard InChI is InChI=1S/C26H29N3O5/c1-3-33-26(32)19(2)34-23-11-7-10-22-21(23)12-13-29(25(22)31)18-24(30)28-16-14-27(15-17-28)20-8-5-4-6-9-20/h4-13,19H,3,14-18H2,1-2H3/t19-/m0/s1. The van der Waals surface area contributed by atoms with Gasteiger partial charge in [0.15, 0.2) is 6.10 Å². The average molecular weight is 464 g/mol. The molecule has 0 radical (unpaired) electrons. The maximum atomic E-state index is 13.1. The van der Waals surface area contributed by atoms with Crippen LogP contribution >= 0.6 is 0 Å². The van der Waals surface area contributed by atoms with Crippen LogP contribution in [0.2, 0.25) is 0 Å². The maximum Gasteiger partial charge on any atom is 0.347 e. The lowest BCUT2D eigenvalue weighted by Gasteiger charge is -2.36. The molecular weight excluding hydrogens is 434 g/mol. The molecular formula is C26H29N3O5. The van der Waals surface area contributed by atoms with Crippen molar-refractivity contribution in [1.82, 2.24) is 9.47 Å².